The van der Waals surface area contributed by atoms with Gasteiger partial charge in [-0.1, -0.05) is 25.9 Å². The SMILES string of the molecule is CNC(=O)C(C(=NO)SCCN(C)C)C(C)(C)C. The zero-order chi connectivity index (χ0) is 14.3. The number of thioether (sulfide) groups is 1. The molecular formula is C12H25N3O2S. The molecule has 106 valence electrons. The van der Waals surface area contributed by atoms with Crippen LogP contribution in [0.4, 0.5) is 0 Å². The maximum atomic E-state index is 11.9. The summed E-state index contributed by atoms with van der Waals surface area (Å²) in [6.07, 6.45) is 0. The van der Waals surface area contributed by atoms with Crippen LogP contribution in [0.15, 0.2) is 5.16 Å². The van der Waals surface area contributed by atoms with E-state index >= 15 is 0 Å². The second-order valence-electron chi connectivity index (χ2n) is 5.50. The molecule has 18 heavy (non-hydrogen) atoms. The molecule has 0 saturated heterocycles. The van der Waals surface area contributed by atoms with E-state index in [0.29, 0.717) is 5.04 Å². The van der Waals surface area contributed by atoms with Gasteiger partial charge in [0, 0.05) is 19.3 Å². The van der Waals surface area contributed by atoms with E-state index in [-0.39, 0.29) is 11.3 Å². The number of hydrogen-bond acceptors (Lipinski definition) is 5. The van der Waals surface area contributed by atoms with Crippen LogP contribution in [-0.2, 0) is 4.79 Å². The van der Waals surface area contributed by atoms with Crippen molar-refractivity contribution in [2.75, 3.05) is 33.4 Å². The largest absolute Gasteiger partial charge is 0.410 e. The van der Waals surface area contributed by atoms with Crippen molar-refractivity contribution in [2.45, 2.75) is 20.8 Å². The van der Waals surface area contributed by atoms with Crippen molar-refractivity contribution in [1.29, 1.82) is 0 Å². The Kier molecular flexibility index (Phi) is 7.32. The summed E-state index contributed by atoms with van der Waals surface area (Å²) in [7, 11) is 5.56. The third-order valence-electron chi connectivity index (χ3n) is 2.51. The molecule has 1 unspecified atom stereocenters. The molecule has 0 aliphatic heterocycles. The predicted octanol–water partition coefficient (Wildman–Crippen LogP) is 1.48. The third-order valence-corrected chi connectivity index (χ3v) is 3.51. The Morgan fingerprint density at radius 2 is 2.00 bits per heavy atom. The van der Waals surface area contributed by atoms with Crippen LogP contribution in [0.25, 0.3) is 0 Å². The molecule has 1 amide bonds. The van der Waals surface area contributed by atoms with Gasteiger partial charge >= 0.3 is 0 Å². The van der Waals surface area contributed by atoms with Crippen LogP contribution in [0.2, 0.25) is 0 Å². The maximum absolute atomic E-state index is 11.9. The van der Waals surface area contributed by atoms with Gasteiger partial charge in [-0.2, -0.15) is 0 Å². The summed E-state index contributed by atoms with van der Waals surface area (Å²) in [6.45, 7) is 6.76. The van der Waals surface area contributed by atoms with Crippen molar-refractivity contribution in [3.05, 3.63) is 0 Å². The lowest BCUT2D eigenvalue weighted by Gasteiger charge is -2.29. The summed E-state index contributed by atoms with van der Waals surface area (Å²) in [5.74, 6) is 0.239. The summed E-state index contributed by atoms with van der Waals surface area (Å²) in [5, 5.41) is 15.6. The maximum Gasteiger partial charge on any atom is 0.230 e. The van der Waals surface area contributed by atoms with E-state index in [9.17, 15) is 4.79 Å². The quantitative estimate of drug-likeness (QED) is 0.345. The summed E-state index contributed by atoms with van der Waals surface area (Å²) in [4.78, 5) is 14.0. The fourth-order valence-electron chi connectivity index (χ4n) is 1.52. The first kappa shape index (κ1) is 17.2. The molecule has 0 aromatic heterocycles. The Bertz CT molecular complexity index is 298. The molecule has 0 spiro atoms. The van der Waals surface area contributed by atoms with E-state index in [4.69, 9.17) is 5.21 Å². The van der Waals surface area contributed by atoms with Crippen molar-refractivity contribution >= 4 is 22.7 Å². The molecule has 0 radical (unpaired) electrons. The van der Waals surface area contributed by atoms with E-state index < -0.39 is 5.92 Å². The molecule has 0 aromatic carbocycles. The molecule has 0 bridgehead atoms. The Balaban J connectivity index is 4.80. The molecule has 0 saturated carbocycles. The summed E-state index contributed by atoms with van der Waals surface area (Å²) in [6, 6.07) is 0. The highest BCUT2D eigenvalue weighted by molar-refractivity contribution is 8.14. The Labute approximate surface area is 114 Å². The second-order valence-corrected chi connectivity index (χ2v) is 6.62. The average molecular weight is 275 g/mol. The normalized spacial score (nSPS) is 14.7. The van der Waals surface area contributed by atoms with Crippen molar-refractivity contribution in [3.63, 3.8) is 0 Å². The highest BCUT2D eigenvalue weighted by atomic mass is 32.2. The number of amides is 1. The van der Waals surface area contributed by atoms with Gasteiger partial charge in [-0.15, -0.1) is 11.8 Å². The summed E-state index contributed by atoms with van der Waals surface area (Å²) in [5.41, 5.74) is -0.285. The highest BCUT2D eigenvalue weighted by Gasteiger charge is 2.35. The predicted molar refractivity (Wildman–Crippen MR) is 77.2 cm³/mol. The molecule has 2 N–H and O–H groups in total. The number of carbonyl (C=O) groups excluding carboxylic acids is 1. The Hall–Kier alpha value is -0.750. The van der Waals surface area contributed by atoms with Crippen LogP contribution in [-0.4, -0.2) is 54.5 Å². The first-order chi connectivity index (χ1) is 8.23. The van der Waals surface area contributed by atoms with Crippen LogP contribution in [0.5, 0.6) is 0 Å². The average Bonchev–Trinajstić information content (AvgIpc) is 2.24. The van der Waals surface area contributed by atoms with Crippen LogP contribution in [0, 0.1) is 11.3 Å². The smallest absolute Gasteiger partial charge is 0.230 e. The fourth-order valence-corrected chi connectivity index (χ4v) is 2.87. The minimum atomic E-state index is -0.431. The molecule has 0 aliphatic carbocycles. The number of hydrogen-bond donors (Lipinski definition) is 2. The van der Waals surface area contributed by atoms with E-state index in [0.717, 1.165) is 12.3 Å². The van der Waals surface area contributed by atoms with Crippen molar-refractivity contribution in [1.82, 2.24) is 10.2 Å². The van der Waals surface area contributed by atoms with E-state index in [1.165, 1.54) is 11.8 Å². The lowest BCUT2D eigenvalue weighted by Crippen LogP contribution is -2.40. The van der Waals surface area contributed by atoms with Gasteiger partial charge in [0.25, 0.3) is 0 Å². The first-order valence-corrected chi connectivity index (χ1v) is 6.93. The Morgan fingerprint density at radius 3 is 2.33 bits per heavy atom. The zero-order valence-electron chi connectivity index (χ0n) is 12.1. The van der Waals surface area contributed by atoms with E-state index in [1.807, 2.05) is 39.8 Å². The fraction of sp³-hybridized carbons (Fsp3) is 0.833. The zero-order valence-corrected chi connectivity index (χ0v) is 13.0. The first-order valence-electron chi connectivity index (χ1n) is 5.95. The van der Waals surface area contributed by atoms with Gasteiger partial charge in [-0.25, -0.2) is 0 Å². The summed E-state index contributed by atoms with van der Waals surface area (Å²) < 4.78 is 0. The highest BCUT2D eigenvalue weighted by Crippen LogP contribution is 2.31. The molecule has 1 atom stereocenters. The number of rotatable bonds is 5. The standard InChI is InChI=1S/C12H25N3O2S/c1-12(2,3)9(10(16)13-4)11(14-17)18-8-7-15(5)6/h9,17H,7-8H2,1-6H3,(H,13,16). The number of carbonyl (C=O) groups is 1. The molecule has 0 rings (SSSR count). The van der Waals surface area contributed by atoms with Gasteiger partial charge in [0.05, 0.1) is 5.92 Å². The molecule has 0 heterocycles. The molecule has 6 heteroatoms. The third kappa shape index (κ3) is 5.73. The lowest BCUT2D eigenvalue weighted by molar-refractivity contribution is -0.124. The van der Waals surface area contributed by atoms with Crippen molar-refractivity contribution in [3.8, 4) is 0 Å². The topological polar surface area (TPSA) is 64.9 Å². The van der Waals surface area contributed by atoms with Crippen LogP contribution in [0.3, 0.4) is 0 Å². The van der Waals surface area contributed by atoms with E-state index in [1.54, 1.807) is 7.05 Å². The second kappa shape index (κ2) is 7.63. The van der Waals surface area contributed by atoms with Crippen molar-refractivity contribution in [2.24, 2.45) is 16.5 Å². The monoisotopic (exact) mass is 275 g/mol. The lowest BCUT2D eigenvalue weighted by atomic mass is 9.80. The molecule has 0 aromatic rings. The van der Waals surface area contributed by atoms with Gasteiger partial charge < -0.3 is 15.4 Å². The minimum Gasteiger partial charge on any atom is -0.410 e. The number of nitrogens with one attached hydrogen (secondary N) is 1. The van der Waals surface area contributed by atoms with Gasteiger partial charge in [0.1, 0.15) is 5.04 Å². The number of nitrogens with zero attached hydrogens (tertiary/aromatic N) is 2. The minimum absolute atomic E-state index is 0.118. The van der Waals surface area contributed by atoms with Crippen LogP contribution >= 0.6 is 11.8 Å². The van der Waals surface area contributed by atoms with E-state index in [2.05, 4.69) is 10.5 Å². The molecule has 0 fully saturated rings. The van der Waals surface area contributed by atoms with Crippen LogP contribution < -0.4 is 5.32 Å². The Morgan fingerprint density at radius 1 is 1.44 bits per heavy atom. The van der Waals surface area contributed by atoms with Gasteiger partial charge in [-0.05, 0) is 19.5 Å². The molecule has 0 aliphatic rings. The molecule has 5 nitrogen and oxygen atoms in total. The van der Waals surface area contributed by atoms with Crippen molar-refractivity contribution < 1.29 is 10.0 Å². The van der Waals surface area contributed by atoms with Gasteiger partial charge in [0.15, 0.2) is 0 Å². The van der Waals surface area contributed by atoms with Gasteiger partial charge in [0.2, 0.25) is 5.91 Å². The van der Waals surface area contributed by atoms with Crippen LogP contribution in [0.1, 0.15) is 20.8 Å². The number of oxime groups is 1. The molecular weight excluding hydrogens is 250 g/mol. The van der Waals surface area contributed by atoms with Gasteiger partial charge in [-0.3, -0.25) is 4.79 Å². The summed E-state index contributed by atoms with van der Waals surface area (Å²) >= 11 is 1.43.